The average molecular weight is 241 g/mol. The lowest BCUT2D eigenvalue weighted by atomic mass is 9.92. The molecule has 0 aliphatic heterocycles. The van der Waals surface area contributed by atoms with Gasteiger partial charge in [0.1, 0.15) is 0 Å². The van der Waals surface area contributed by atoms with E-state index in [9.17, 15) is 9.90 Å². The van der Waals surface area contributed by atoms with Crippen LogP contribution in [0.1, 0.15) is 39.0 Å². The van der Waals surface area contributed by atoms with E-state index in [0.717, 1.165) is 32.1 Å². The lowest BCUT2D eigenvalue weighted by Crippen LogP contribution is -2.40. The molecule has 0 bridgehead atoms. The van der Waals surface area contributed by atoms with Gasteiger partial charge in [0.2, 0.25) is 5.91 Å². The van der Waals surface area contributed by atoms with Crippen LogP contribution in [0.3, 0.4) is 0 Å². The van der Waals surface area contributed by atoms with E-state index in [1.165, 1.54) is 0 Å². The summed E-state index contributed by atoms with van der Waals surface area (Å²) in [5, 5.41) is 21.9. The Bertz CT molecular complexity index is 282. The second-order valence-electron chi connectivity index (χ2n) is 5.56. The van der Waals surface area contributed by atoms with Crippen molar-refractivity contribution in [3.05, 3.63) is 0 Å². The molecule has 0 spiro atoms. The van der Waals surface area contributed by atoms with Crippen LogP contribution >= 0.6 is 0 Å². The molecule has 0 heterocycles. The highest BCUT2D eigenvalue weighted by atomic mass is 16.3. The minimum atomic E-state index is -0.185. The summed E-state index contributed by atoms with van der Waals surface area (Å²) in [5.41, 5.74) is 0. The third kappa shape index (κ3) is 2.63. The Labute approximate surface area is 102 Å². The monoisotopic (exact) mass is 241 g/mol. The van der Waals surface area contributed by atoms with Crippen molar-refractivity contribution in [1.82, 2.24) is 5.32 Å². The molecule has 4 heteroatoms. The SMILES string of the molecule is CC(=O)N[C@H]1C2CCC(O)C2C[C@@H]1CCCO. The normalized spacial score (nSPS) is 40.3. The summed E-state index contributed by atoms with van der Waals surface area (Å²) in [5.74, 6) is 1.25. The standard InChI is InChI=1S/C13H23NO3/c1-8(16)14-13-9(3-2-6-15)7-11-10(13)4-5-12(11)17/h9-13,15,17H,2-7H2,1H3,(H,14,16)/t9-,10?,11?,12?,13+/m0/s1. The van der Waals surface area contributed by atoms with Crippen LogP contribution in [-0.4, -0.2) is 34.9 Å². The molecule has 98 valence electrons. The van der Waals surface area contributed by atoms with Gasteiger partial charge in [0, 0.05) is 19.6 Å². The number of fused-ring (bicyclic) bond motifs is 1. The molecule has 0 aromatic carbocycles. The summed E-state index contributed by atoms with van der Waals surface area (Å²) in [6.45, 7) is 1.77. The maximum atomic E-state index is 11.3. The maximum absolute atomic E-state index is 11.3. The van der Waals surface area contributed by atoms with E-state index in [0.29, 0.717) is 17.8 Å². The number of aliphatic hydroxyl groups excluding tert-OH is 2. The number of rotatable bonds is 4. The highest BCUT2D eigenvalue weighted by molar-refractivity contribution is 5.73. The van der Waals surface area contributed by atoms with Gasteiger partial charge in [-0.05, 0) is 49.9 Å². The second-order valence-corrected chi connectivity index (χ2v) is 5.56. The summed E-state index contributed by atoms with van der Waals surface area (Å²) in [6.07, 6.45) is 4.44. The fraction of sp³-hybridized carbons (Fsp3) is 0.923. The average Bonchev–Trinajstić information content (AvgIpc) is 2.78. The van der Waals surface area contributed by atoms with E-state index >= 15 is 0 Å². The van der Waals surface area contributed by atoms with Crippen LogP contribution in [0.4, 0.5) is 0 Å². The molecule has 2 rings (SSSR count). The van der Waals surface area contributed by atoms with E-state index in [2.05, 4.69) is 5.32 Å². The molecule has 4 nitrogen and oxygen atoms in total. The van der Waals surface area contributed by atoms with E-state index in [4.69, 9.17) is 5.11 Å². The predicted octanol–water partition coefficient (Wildman–Crippen LogP) is 0.671. The number of carbonyl (C=O) groups excluding carboxylic acids is 1. The van der Waals surface area contributed by atoms with Crippen molar-refractivity contribution in [3.63, 3.8) is 0 Å². The number of nitrogens with one attached hydrogen (secondary N) is 1. The zero-order chi connectivity index (χ0) is 12.4. The zero-order valence-electron chi connectivity index (χ0n) is 10.4. The van der Waals surface area contributed by atoms with E-state index in [1.807, 2.05) is 0 Å². The summed E-state index contributed by atoms with van der Waals surface area (Å²) in [6, 6.07) is 0.209. The Kier molecular flexibility index (Phi) is 4.05. The Morgan fingerprint density at radius 1 is 1.35 bits per heavy atom. The second kappa shape index (κ2) is 5.36. The Hall–Kier alpha value is -0.610. The Balaban J connectivity index is 2.02. The van der Waals surface area contributed by atoms with Crippen LogP contribution in [0.25, 0.3) is 0 Å². The third-order valence-electron chi connectivity index (χ3n) is 4.49. The number of hydrogen-bond acceptors (Lipinski definition) is 3. The van der Waals surface area contributed by atoms with Crippen LogP contribution < -0.4 is 5.32 Å². The fourth-order valence-electron chi connectivity index (χ4n) is 3.81. The van der Waals surface area contributed by atoms with Gasteiger partial charge in [0.15, 0.2) is 0 Å². The molecular formula is C13H23NO3. The maximum Gasteiger partial charge on any atom is 0.217 e. The molecule has 2 fully saturated rings. The highest BCUT2D eigenvalue weighted by Gasteiger charge is 2.49. The van der Waals surface area contributed by atoms with Gasteiger partial charge in [-0.2, -0.15) is 0 Å². The molecule has 3 N–H and O–H groups in total. The molecule has 0 aromatic heterocycles. The van der Waals surface area contributed by atoms with E-state index in [-0.39, 0.29) is 24.7 Å². The van der Waals surface area contributed by atoms with Gasteiger partial charge in [-0.15, -0.1) is 0 Å². The van der Waals surface area contributed by atoms with Gasteiger partial charge in [0.25, 0.3) is 0 Å². The molecular weight excluding hydrogens is 218 g/mol. The van der Waals surface area contributed by atoms with Crippen molar-refractivity contribution in [3.8, 4) is 0 Å². The number of amides is 1. The number of carbonyl (C=O) groups is 1. The fourth-order valence-corrected chi connectivity index (χ4v) is 3.81. The quantitative estimate of drug-likeness (QED) is 0.677. The first-order valence-corrected chi connectivity index (χ1v) is 6.69. The van der Waals surface area contributed by atoms with Crippen LogP contribution in [0, 0.1) is 17.8 Å². The predicted molar refractivity (Wildman–Crippen MR) is 64.3 cm³/mol. The van der Waals surface area contributed by atoms with Gasteiger partial charge in [0.05, 0.1) is 6.10 Å². The summed E-state index contributed by atoms with van der Waals surface area (Å²) >= 11 is 0. The van der Waals surface area contributed by atoms with Gasteiger partial charge >= 0.3 is 0 Å². The van der Waals surface area contributed by atoms with Gasteiger partial charge in [-0.1, -0.05) is 0 Å². The van der Waals surface area contributed by atoms with Gasteiger partial charge in [-0.25, -0.2) is 0 Å². The Morgan fingerprint density at radius 3 is 2.76 bits per heavy atom. The van der Waals surface area contributed by atoms with E-state index < -0.39 is 0 Å². The van der Waals surface area contributed by atoms with Crippen molar-refractivity contribution in [2.24, 2.45) is 17.8 Å². The summed E-state index contributed by atoms with van der Waals surface area (Å²) in [7, 11) is 0. The van der Waals surface area contributed by atoms with Crippen LogP contribution in [0.5, 0.6) is 0 Å². The number of aliphatic hydroxyl groups is 2. The molecule has 17 heavy (non-hydrogen) atoms. The summed E-state index contributed by atoms with van der Waals surface area (Å²) < 4.78 is 0. The molecule has 1 amide bonds. The van der Waals surface area contributed by atoms with Crippen molar-refractivity contribution in [2.75, 3.05) is 6.61 Å². The van der Waals surface area contributed by atoms with Crippen LogP contribution in [-0.2, 0) is 4.79 Å². The molecule has 0 aromatic rings. The molecule has 2 aliphatic rings. The largest absolute Gasteiger partial charge is 0.396 e. The van der Waals surface area contributed by atoms with Gasteiger partial charge in [-0.3, -0.25) is 4.79 Å². The molecule has 3 unspecified atom stereocenters. The topological polar surface area (TPSA) is 69.6 Å². The van der Waals surface area contributed by atoms with E-state index in [1.54, 1.807) is 6.92 Å². The molecule has 0 saturated heterocycles. The first-order valence-electron chi connectivity index (χ1n) is 6.69. The first-order chi connectivity index (χ1) is 8.13. The van der Waals surface area contributed by atoms with Crippen molar-refractivity contribution >= 4 is 5.91 Å². The summed E-state index contributed by atoms with van der Waals surface area (Å²) in [4.78, 5) is 11.3. The Morgan fingerprint density at radius 2 is 2.12 bits per heavy atom. The van der Waals surface area contributed by atoms with Crippen LogP contribution in [0.2, 0.25) is 0 Å². The minimum Gasteiger partial charge on any atom is -0.396 e. The lowest BCUT2D eigenvalue weighted by Gasteiger charge is -2.24. The lowest BCUT2D eigenvalue weighted by molar-refractivity contribution is -0.120. The smallest absolute Gasteiger partial charge is 0.217 e. The van der Waals surface area contributed by atoms with Crippen molar-refractivity contribution in [1.29, 1.82) is 0 Å². The molecule has 2 aliphatic carbocycles. The number of hydrogen-bond donors (Lipinski definition) is 3. The van der Waals surface area contributed by atoms with Gasteiger partial charge < -0.3 is 15.5 Å². The van der Waals surface area contributed by atoms with Crippen LogP contribution in [0.15, 0.2) is 0 Å². The first kappa shape index (κ1) is 12.8. The highest BCUT2D eigenvalue weighted by Crippen LogP contribution is 2.48. The molecule has 5 atom stereocenters. The third-order valence-corrected chi connectivity index (χ3v) is 4.49. The zero-order valence-corrected chi connectivity index (χ0v) is 10.4. The van der Waals surface area contributed by atoms with Crippen molar-refractivity contribution in [2.45, 2.75) is 51.2 Å². The molecule has 2 saturated carbocycles. The minimum absolute atomic E-state index is 0.0195. The molecule has 0 radical (unpaired) electrons. The van der Waals surface area contributed by atoms with Crippen molar-refractivity contribution < 1.29 is 15.0 Å².